The van der Waals surface area contributed by atoms with E-state index in [1.165, 1.54) is 12.1 Å². The monoisotopic (exact) mass is 314 g/mol. The van der Waals surface area contributed by atoms with Gasteiger partial charge in [-0.2, -0.15) is 5.26 Å². The molecular weight excluding hydrogens is 307 g/mol. The minimum atomic E-state index is -1.25. The molecule has 0 aliphatic rings. The Morgan fingerprint density at radius 2 is 2.10 bits per heavy atom. The lowest BCUT2D eigenvalue weighted by Gasteiger charge is -2.08. The zero-order chi connectivity index (χ0) is 15.3. The number of hydrogen-bond acceptors (Lipinski definition) is 5. The van der Waals surface area contributed by atoms with Gasteiger partial charge in [-0.15, -0.1) is 0 Å². The van der Waals surface area contributed by atoms with Gasteiger partial charge in [0.25, 0.3) is 0 Å². The summed E-state index contributed by atoms with van der Waals surface area (Å²) in [6.07, 6.45) is 1.05. The molecule has 0 aliphatic carbocycles. The van der Waals surface area contributed by atoms with Crippen molar-refractivity contribution in [2.75, 3.05) is 12.4 Å². The van der Waals surface area contributed by atoms with Gasteiger partial charge < -0.3 is 15.2 Å². The third-order valence-corrected chi connectivity index (χ3v) is 2.79. The number of esters is 1. The lowest BCUT2D eigenvalue weighted by atomic mass is 10.2. The number of carbonyl (C=O) groups excluding carboxylic acids is 1. The number of nitrogens with one attached hydrogen (secondary N) is 1. The van der Waals surface area contributed by atoms with Crippen molar-refractivity contribution in [1.29, 1.82) is 5.26 Å². The van der Waals surface area contributed by atoms with Gasteiger partial charge in [0.05, 0.1) is 23.4 Å². The SMILES string of the molecule is COC(=O)C(C#N)=CNc1cc(Cl)cc(C(=O)O)c1Cl. The summed E-state index contributed by atoms with van der Waals surface area (Å²) in [5, 5.41) is 20.3. The molecule has 0 amide bonds. The van der Waals surface area contributed by atoms with E-state index in [2.05, 4.69) is 10.1 Å². The maximum absolute atomic E-state index is 11.2. The Bertz CT molecular complexity index is 635. The molecule has 6 nitrogen and oxygen atoms in total. The van der Waals surface area contributed by atoms with E-state index >= 15 is 0 Å². The van der Waals surface area contributed by atoms with Crippen molar-refractivity contribution in [3.05, 3.63) is 39.5 Å². The number of carboxylic acids is 1. The Kier molecular flexibility index (Phi) is 5.38. The van der Waals surface area contributed by atoms with Crippen LogP contribution in [0, 0.1) is 11.3 Å². The van der Waals surface area contributed by atoms with E-state index in [1.807, 2.05) is 0 Å². The number of anilines is 1. The Labute approximate surface area is 124 Å². The highest BCUT2D eigenvalue weighted by Gasteiger charge is 2.15. The molecule has 0 bridgehead atoms. The molecule has 0 saturated carbocycles. The van der Waals surface area contributed by atoms with Crippen LogP contribution in [0.15, 0.2) is 23.9 Å². The first-order valence-corrected chi connectivity index (χ1v) is 5.83. The van der Waals surface area contributed by atoms with E-state index < -0.39 is 11.9 Å². The molecule has 0 radical (unpaired) electrons. The van der Waals surface area contributed by atoms with Gasteiger partial charge in [0.1, 0.15) is 6.07 Å². The molecule has 104 valence electrons. The number of ether oxygens (including phenoxy) is 1. The quantitative estimate of drug-likeness (QED) is 0.503. The maximum atomic E-state index is 11.2. The topological polar surface area (TPSA) is 99.4 Å². The van der Waals surface area contributed by atoms with Gasteiger partial charge in [0.15, 0.2) is 5.57 Å². The first kappa shape index (κ1) is 15.8. The second-order valence-electron chi connectivity index (χ2n) is 3.43. The molecule has 1 aromatic carbocycles. The van der Waals surface area contributed by atoms with Crippen molar-refractivity contribution in [2.45, 2.75) is 0 Å². The van der Waals surface area contributed by atoms with Crippen LogP contribution in [0.1, 0.15) is 10.4 Å². The summed E-state index contributed by atoms with van der Waals surface area (Å²) in [4.78, 5) is 22.1. The van der Waals surface area contributed by atoms with E-state index in [-0.39, 0.29) is 26.9 Å². The first-order valence-electron chi connectivity index (χ1n) is 5.08. The predicted octanol–water partition coefficient (Wildman–Crippen LogP) is 2.68. The minimum absolute atomic E-state index is 0.0969. The number of rotatable bonds is 4. The van der Waals surface area contributed by atoms with Crippen molar-refractivity contribution >= 4 is 40.8 Å². The average molecular weight is 315 g/mol. The van der Waals surface area contributed by atoms with Gasteiger partial charge >= 0.3 is 11.9 Å². The number of carbonyl (C=O) groups is 2. The van der Waals surface area contributed by atoms with Gasteiger partial charge in [-0.25, -0.2) is 9.59 Å². The second kappa shape index (κ2) is 6.80. The number of hydrogen-bond donors (Lipinski definition) is 2. The molecule has 0 spiro atoms. The Morgan fingerprint density at radius 1 is 1.45 bits per heavy atom. The van der Waals surface area contributed by atoms with Crippen LogP contribution < -0.4 is 5.32 Å². The van der Waals surface area contributed by atoms with Gasteiger partial charge in [-0.1, -0.05) is 23.2 Å². The molecule has 0 saturated heterocycles. The van der Waals surface area contributed by atoms with Crippen LogP contribution in [0.3, 0.4) is 0 Å². The van der Waals surface area contributed by atoms with Gasteiger partial charge in [0.2, 0.25) is 0 Å². The van der Waals surface area contributed by atoms with Crippen LogP contribution in [0.5, 0.6) is 0 Å². The Hall–Kier alpha value is -2.23. The fourth-order valence-corrected chi connectivity index (χ4v) is 1.71. The number of nitrogens with zero attached hydrogens (tertiary/aromatic N) is 1. The molecule has 1 aromatic rings. The highest BCUT2D eigenvalue weighted by molar-refractivity contribution is 6.38. The molecule has 0 aliphatic heterocycles. The van der Waals surface area contributed by atoms with Crippen molar-refractivity contribution in [2.24, 2.45) is 0 Å². The van der Waals surface area contributed by atoms with E-state index in [1.54, 1.807) is 6.07 Å². The average Bonchev–Trinajstić information content (AvgIpc) is 2.41. The first-order chi connectivity index (χ1) is 9.40. The van der Waals surface area contributed by atoms with Crippen LogP contribution in [0.2, 0.25) is 10.0 Å². The Balaban J connectivity index is 3.17. The van der Waals surface area contributed by atoms with Crippen molar-refractivity contribution in [1.82, 2.24) is 0 Å². The van der Waals surface area contributed by atoms with E-state index in [9.17, 15) is 9.59 Å². The molecule has 0 unspecified atom stereocenters. The molecule has 8 heteroatoms. The van der Waals surface area contributed by atoms with Crippen LogP contribution >= 0.6 is 23.2 Å². The summed E-state index contributed by atoms with van der Waals surface area (Å²) in [5.74, 6) is -2.09. The summed E-state index contributed by atoms with van der Waals surface area (Å²) in [6, 6.07) is 4.17. The molecule has 1 rings (SSSR count). The van der Waals surface area contributed by atoms with Crippen LogP contribution in [0.4, 0.5) is 5.69 Å². The molecular formula is C12H8Cl2N2O4. The largest absolute Gasteiger partial charge is 0.478 e. The minimum Gasteiger partial charge on any atom is -0.478 e. The summed E-state index contributed by atoms with van der Waals surface area (Å²) >= 11 is 11.7. The molecule has 0 atom stereocenters. The van der Waals surface area contributed by atoms with Crippen LogP contribution in [-0.2, 0) is 9.53 Å². The van der Waals surface area contributed by atoms with Crippen LogP contribution in [0.25, 0.3) is 0 Å². The van der Waals surface area contributed by atoms with Crippen molar-refractivity contribution in [3.8, 4) is 6.07 Å². The zero-order valence-electron chi connectivity index (χ0n) is 10.1. The van der Waals surface area contributed by atoms with E-state index in [4.69, 9.17) is 33.6 Å². The fourth-order valence-electron chi connectivity index (χ4n) is 1.25. The summed E-state index contributed by atoms with van der Waals surface area (Å²) in [6.45, 7) is 0. The lowest BCUT2D eigenvalue weighted by Crippen LogP contribution is -2.06. The number of nitriles is 1. The lowest BCUT2D eigenvalue weighted by molar-refractivity contribution is -0.135. The number of benzene rings is 1. The number of methoxy groups -OCH3 is 1. The predicted molar refractivity (Wildman–Crippen MR) is 72.8 cm³/mol. The maximum Gasteiger partial charge on any atom is 0.350 e. The zero-order valence-corrected chi connectivity index (χ0v) is 11.6. The summed E-state index contributed by atoms with van der Waals surface area (Å²) in [7, 11) is 1.13. The number of carboxylic acid groups (broad SMARTS) is 1. The molecule has 20 heavy (non-hydrogen) atoms. The third kappa shape index (κ3) is 3.63. The molecule has 2 N–H and O–H groups in total. The number of aromatic carboxylic acids is 1. The fraction of sp³-hybridized carbons (Fsp3) is 0.0833. The van der Waals surface area contributed by atoms with Gasteiger partial charge in [-0.05, 0) is 12.1 Å². The van der Waals surface area contributed by atoms with Crippen molar-refractivity contribution < 1.29 is 19.4 Å². The van der Waals surface area contributed by atoms with Crippen LogP contribution in [-0.4, -0.2) is 24.2 Å². The smallest absolute Gasteiger partial charge is 0.350 e. The van der Waals surface area contributed by atoms with E-state index in [0.717, 1.165) is 13.3 Å². The second-order valence-corrected chi connectivity index (χ2v) is 4.24. The standard InChI is InChI=1S/C12H8Cl2N2O4/c1-20-12(19)6(4-15)5-16-9-3-7(13)2-8(10(9)14)11(17)18/h2-3,5,16H,1H3,(H,17,18). The van der Waals surface area contributed by atoms with E-state index in [0.29, 0.717) is 0 Å². The summed E-state index contributed by atoms with van der Waals surface area (Å²) < 4.78 is 4.38. The molecule has 0 fully saturated rings. The Morgan fingerprint density at radius 3 is 2.60 bits per heavy atom. The highest BCUT2D eigenvalue weighted by atomic mass is 35.5. The van der Waals surface area contributed by atoms with Crippen molar-refractivity contribution in [3.63, 3.8) is 0 Å². The van der Waals surface area contributed by atoms with Gasteiger partial charge in [-0.3, -0.25) is 0 Å². The summed E-state index contributed by atoms with van der Waals surface area (Å²) in [5.41, 5.74) is -0.361. The van der Waals surface area contributed by atoms with Gasteiger partial charge in [0, 0.05) is 11.2 Å². The molecule has 0 aromatic heterocycles. The third-order valence-electron chi connectivity index (χ3n) is 2.17. The normalized spacial score (nSPS) is 10.6. The molecule has 0 heterocycles. The number of halogens is 2. The highest BCUT2D eigenvalue weighted by Crippen LogP contribution is 2.30.